The molecule has 0 aliphatic carbocycles. The van der Waals surface area contributed by atoms with Gasteiger partial charge in [-0.15, -0.1) is 0 Å². The van der Waals surface area contributed by atoms with Crippen molar-refractivity contribution >= 4 is 15.9 Å². The van der Waals surface area contributed by atoms with Gasteiger partial charge in [0.2, 0.25) is 0 Å². The number of benzene rings is 1. The standard InChI is InChI=1S/C12H10BrFO2/c13-10-5-8(1-2-11(10)14)6-12(15)9-3-4-16-7-9/h1-5,7,12,15H,6H2. The first-order valence-corrected chi connectivity index (χ1v) is 5.60. The Bertz CT molecular complexity index is 468. The summed E-state index contributed by atoms with van der Waals surface area (Å²) in [5, 5.41) is 9.85. The van der Waals surface area contributed by atoms with Gasteiger partial charge in [-0.05, 0) is 39.7 Å². The minimum atomic E-state index is -0.629. The minimum Gasteiger partial charge on any atom is -0.472 e. The lowest BCUT2D eigenvalue weighted by Gasteiger charge is -2.08. The third kappa shape index (κ3) is 2.51. The zero-order valence-electron chi connectivity index (χ0n) is 8.36. The van der Waals surface area contributed by atoms with Gasteiger partial charge in [-0.25, -0.2) is 4.39 Å². The number of hydrogen-bond donors (Lipinski definition) is 1. The van der Waals surface area contributed by atoms with Gasteiger partial charge in [0, 0.05) is 12.0 Å². The fourth-order valence-electron chi connectivity index (χ4n) is 1.47. The van der Waals surface area contributed by atoms with Crippen LogP contribution in [0.2, 0.25) is 0 Å². The number of aliphatic hydroxyl groups excluding tert-OH is 1. The third-order valence-corrected chi connectivity index (χ3v) is 2.95. The lowest BCUT2D eigenvalue weighted by atomic mass is 10.0. The molecule has 1 unspecified atom stereocenters. The topological polar surface area (TPSA) is 33.4 Å². The first-order valence-electron chi connectivity index (χ1n) is 4.81. The van der Waals surface area contributed by atoms with E-state index in [0.29, 0.717) is 10.9 Å². The van der Waals surface area contributed by atoms with Gasteiger partial charge < -0.3 is 9.52 Å². The highest BCUT2D eigenvalue weighted by Gasteiger charge is 2.10. The molecule has 2 aromatic rings. The van der Waals surface area contributed by atoms with Crippen molar-refractivity contribution < 1.29 is 13.9 Å². The number of aliphatic hydroxyl groups is 1. The molecule has 2 rings (SSSR count). The molecule has 1 heterocycles. The molecule has 0 bridgehead atoms. The first-order chi connectivity index (χ1) is 7.66. The number of hydrogen-bond acceptors (Lipinski definition) is 2. The highest BCUT2D eigenvalue weighted by atomic mass is 79.9. The summed E-state index contributed by atoms with van der Waals surface area (Å²) in [4.78, 5) is 0. The van der Waals surface area contributed by atoms with Gasteiger partial charge in [0.25, 0.3) is 0 Å². The van der Waals surface area contributed by atoms with Gasteiger partial charge in [-0.1, -0.05) is 6.07 Å². The molecule has 84 valence electrons. The summed E-state index contributed by atoms with van der Waals surface area (Å²) in [5.74, 6) is -0.304. The van der Waals surface area contributed by atoms with Crippen molar-refractivity contribution in [3.05, 3.63) is 58.2 Å². The maximum atomic E-state index is 13.0. The maximum Gasteiger partial charge on any atom is 0.137 e. The van der Waals surface area contributed by atoms with E-state index in [1.165, 1.54) is 18.6 Å². The van der Waals surface area contributed by atoms with E-state index in [1.54, 1.807) is 18.2 Å². The summed E-state index contributed by atoms with van der Waals surface area (Å²) < 4.78 is 18.3. The summed E-state index contributed by atoms with van der Waals surface area (Å²) in [6.07, 6.45) is 2.82. The van der Waals surface area contributed by atoms with Crippen LogP contribution in [-0.2, 0) is 6.42 Å². The Morgan fingerprint density at radius 1 is 1.38 bits per heavy atom. The summed E-state index contributed by atoms with van der Waals surface area (Å²) >= 11 is 3.11. The fraction of sp³-hybridized carbons (Fsp3) is 0.167. The van der Waals surface area contributed by atoms with Gasteiger partial charge in [0.05, 0.1) is 23.1 Å². The third-order valence-electron chi connectivity index (χ3n) is 2.34. The molecule has 0 amide bonds. The number of furan rings is 1. The van der Waals surface area contributed by atoms with E-state index in [-0.39, 0.29) is 5.82 Å². The molecule has 0 spiro atoms. The van der Waals surface area contributed by atoms with E-state index >= 15 is 0 Å². The summed E-state index contributed by atoms with van der Waals surface area (Å²) in [7, 11) is 0. The Morgan fingerprint density at radius 2 is 2.19 bits per heavy atom. The van der Waals surface area contributed by atoms with Crippen LogP contribution in [0.25, 0.3) is 0 Å². The first kappa shape index (κ1) is 11.4. The van der Waals surface area contributed by atoms with Crippen LogP contribution in [-0.4, -0.2) is 5.11 Å². The van der Waals surface area contributed by atoms with Gasteiger partial charge in [-0.3, -0.25) is 0 Å². The van der Waals surface area contributed by atoms with E-state index in [2.05, 4.69) is 15.9 Å². The predicted octanol–water partition coefficient (Wildman–Crippen LogP) is 3.46. The second-order valence-corrected chi connectivity index (χ2v) is 4.38. The Hall–Kier alpha value is -1.13. The Balaban J connectivity index is 2.12. The molecule has 0 aliphatic heterocycles. The van der Waals surface area contributed by atoms with Crippen LogP contribution >= 0.6 is 15.9 Å². The summed E-state index contributed by atoms with van der Waals surface area (Å²) in [5.41, 5.74) is 1.59. The van der Waals surface area contributed by atoms with Crippen molar-refractivity contribution in [2.75, 3.05) is 0 Å². The van der Waals surface area contributed by atoms with Crippen molar-refractivity contribution in [2.24, 2.45) is 0 Å². The van der Waals surface area contributed by atoms with E-state index in [1.807, 2.05) is 0 Å². The van der Waals surface area contributed by atoms with E-state index in [4.69, 9.17) is 4.42 Å². The molecular formula is C12H10BrFO2. The highest BCUT2D eigenvalue weighted by molar-refractivity contribution is 9.10. The summed E-state index contributed by atoms with van der Waals surface area (Å²) in [6.45, 7) is 0. The van der Waals surface area contributed by atoms with Gasteiger partial charge in [0.1, 0.15) is 5.82 Å². The molecule has 1 aromatic heterocycles. The molecule has 1 atom stereocenters. The average molecular weight is 285 g/mol. The van der Waals surface area contributed by atoms with Crippen LogP contribution in [0, 0.1) is 5.82 Å². The molecule has 0 fully saturated rings. The molecule has 1 aromatic carbocycles. The smallest absolute Gasteiger partial charge is 0.137 e. The predicted molar refractivity (Wildman–Crippen MR) is 61.5 cm³/mol. The average Bonchev–Trinajstić information content (AvgIpc) is 2.77. The van der Waals surface area contributed by atoms with Crippen LogP contribution in [0.15, 0.2) is 45.7 Å². The lowest BCUT2D eigenvalue weighted by molar-refractivity contribution is 0.177. The van der Waals surface area contributed by atoms with E-state index < -0.39 is 6.10 Å². The molecule has 1 N–H and O–H groups in total. The van der Waals surface area contributed by atoms with Gasteiger partial charge in [0.15, 0.2) is 0 Å². The zero-order valence-corrected chi connectivity index (χ0v) is 9.95. The second kappa shape index (κ2) is 4.80. The largest absolute Gasteiger partial charge is 0.472 e. The molecule has 0 aliphatic rings. The fourth-order valence-corrected chi connectivity index (χ4v) is 1.90. The molecule has 0 radical (unpaired) electrons. The zero-order chi connectivity index (χ0) is 11.5. The number of halogens is 2. The van der Waals surface area contributed by atoms with E-state index in [9.17, 15) is 9.50 Å². The van der Waals surface area contributed by atoms with Crippen LogP contribution in [0.5, 0.6) is 0 Å². The van der Waals surface area contributed by atoms with Crippen molar-refractivity contribution in [1.82, 2.24) is 0 Å². The molecule has 4 heteroatoms. The van der Waals surface area contributed by atoms with Crippen LogP contribution < -0.4 is 0 Å². The summed E-state index contributed by atoms with van der Waals surface area (Å²) in [6, 6.07) is 6.41. The molecule has 0 saturated carbocycles. The van der Waals surface area contributed by atoms with Crippen molar-refractivity contribution in [3.8, 4) is 0 Å². The Morgan fingerprint density at radius 3 is 2.81 bits per heavy atom. The van der Waals surface area contributed by atoms with Crippen LogP contribution in [0.1, 0.15) is 17.2 Å². The van der Waals surface area contributed by atoms with E-state index in [0.717, 1.165) is 11.1 Å². The molecule has 0 saturated heterocycles. The van der Waals surface area contributed by atoms with Crippen LogP contribution in [0.3, 0.4) is 0 Å². The normalized spacial score (nSPS) is 12.7. The van der Waals surface area contributed by atoms with Crippen molar-refractivity contribution in [3.63, 3.8) is 0 Å². The Labute approximate surface area is 101 Å². The second-order valence-electron chi connectivity index (χ2n) is 3.53. The van der Waals surface area contributed by atoms with Crippen molar-refractivity contribution in [2.45, 2.75) is 12.5 Å². The quantitative estimate of drug-likeness (QED) is 0.937. The molecular weight excluding hydrogens is 275 g/mol. The number of rotatable bonds is 3. The highest BCUT2D eigenvalue weighted by Crippen LogP contribution is 2.22. The van der Waals surface area contributed by atoms with Crippen LogP contribution in [0.4, 0.5) is 4.39 Å². The van der Waals surface area contributed by atoms with Crippen molar-refractivity contribution in [1.29, 1.82) is 0 Å². The Kier molecular flexibility index (Phi) is 3.41. The SMILES string of the molecule is OC(Cc1ccc(F)c(Br)c1)c1ccoc1. The maximum absolute atomic E-state index is 13.0. The monoisotopic (exact) mass is 284 g/mol. The van der Waals surface area contributed by atoms with Gasteiger partial charge >= 0.3 is 0 Å². The molecule has 16 heavy (non-hydrogen) atoms. The minimum absolute atomic E-state index is 0.304. The van der Waals surface area contributed by atoms with Gasteiger partial charge in [-0.2, -0.15) is 0 Å². The lowest BCUT2D eigenvalue weighted by Crippen LogP contribution is -2.00. The molecule has 2 nitrogen and oxygen atoms in total.